The van der Waals surface area contributed by atoms with Crippen molar-refractivity contribution in [3.63, 3.8) is 0 Å². The molecule has 0 bridgehead atoms. The maximum absolute atomic E-state index is 11.6. The Kier molecular flexibility index (Phi) is 6.50. The maximum Gasteiger partial charge on any atom is 0.337 e. The highest BCUT2D eigenvalue weighted by Gasteiger charge is 2.24. The zero-order chi connectivity index (χ0) is 21.0. The van der Waals surface area contributed by atoms with E-state index < -0.39 is 11.2 Å². The van der Waals surface area contributed by atoms with Crippen molar-refractivity contribution in [1.29, 1.82) is 0 Å². The number of nitro groups is 1. The second kappa shape index (κ2) is 9.06. The summed E-state index contributed by atoms with van der Waals surface area (Å²) in [6, 6.07) is 13.7. The molecule has 2 aromatic carbocycles. The van der Waals surface area contributed by atoms with Crippen LogP contribution in [-0.4, -0.2) is 39.3 Å². The van der Waals surface area contributed by atoms with Gasteiger partial charge in [-0.1, -0.05) is 35.5 Å². The van der Waals surface area contributed by atoms with Gasteiger partial charge in [0, 0.05) is 15.6 Å². The summed E-state index contributed by atoms with van der Waals surface area (Å²) in [7, 11) is 1.30. The van der Waals surface area contributed by atoms with Crippen LogP contribution in [0.3, 0.4) is 0 Å². The van der Waals surface area contributed by atoms with Crippen LogP contribution in [0.15, 0.2) is 53.7 Å². The molecule has 0 saturated heterocycles. The van der Waals surface area contributed by atoms with Crippen LogP contribution in [0.25, 0.3) is 5.69 Å². The van der Waals surface area contributed by atoms with Gasteiger partial charge in [-0.2, -0.15) is 0 Å². The lowest BCUT2D eigenvalue weighted by atomic mass is 10.1. The summed E-state index contributed by atoms with van der Waals surface area (Å²) in [5.41, 5.74) is 1.88. The molecule has 29 heavy (non-hydrogen) atoms. The number of aryl methyl sites for hydroxylation is 1. The second-order valence-electron chi connectivity index (χ2n) is 6.08. The van der Waals surface area contributed by atoms with Crippen LogP contribution in [0.4, 0.5) is 0 Å². The van der Waals surface area contributed by atoms with Crippen LogP contribution in [0.5, 0.6) is 0 Å². The summed E-state index contributed by atoms with van der Waals surface area (Å²) < 4.78 is 6.51. The van der Waals surface area contributed by atoms with Gasteiger partial charge in [-0.25, -0.2) is 4.79 Å². The summed E-state index contributed by atoms with van der Waals surface area (Å²) in [4.78, 5) is 22.5. The predicted molar refractivity (Wildman–Crippen MR) is 109 cm³/mol. The summed E-state index contributed by atoms with van der Waals surface area (Å²) >= 11 is 7.20. The van der Waals surface area contributed by atoms with E-state index in [0.29, 0.717) is 27.1 Å². The quantitative estimate of drug-likeness (QED) is 0.239. The van der Waals surface area contributed by atoms with Crippen molar-refractivity contribution >= 4 is 29.3 Å². The monoisotopic (exact) mass is 432 g/mol. The largest absolute Gasteiger partial charge is 0.465 e. The molecule has 150 valence electrons. The third-order valence-electron chi connectivity index (χ3n) is 4.15. The summed E-state index contributed by atoms with van der Waals surface area (Å²) in [5, 5.41) is 20.2. The van der Waals surface area contributed by atoms with Crippen LogP contribution >= 0.6 is 23.4 Å². The average molecular weight is 433 g/mol. The third-order valence-corrected chi connectivity index (χ3v) is 5.58. The van der Waals surface area contributed by atoms with Gasteiger partial charge in [0.2, 0.25) is 6.54 Å². The Labute approximate surface area is 176 Å². The van der Waals surface area contributed by atoms with E-state index in [1.807, 2.05) is 16.7 Å². The fraction of sp³-hybridized carbons (Fsp3) is 0.211. The van der Waals surface area contributed by atoms with Crippen LogP contribution in [0, 0.1) is 17.0 Å². The molecule has 0 spiro atoms. The minimum atomic E-state index is -0.522. The molecule has 1 heterocycles. The molecular formula is C19H17ClN4O4S. The van der Waals surface area contributed by atoms with Crippen LogP contribution < -0.4 is 0 Å². The average Bonchev–Trinajstić information content (AvgIpc) is 3.07. The fourth-order valence-corrected chi connectivity index (χ4v) is 4.03. The fourth-order valence-electron chi connectivity index (χ4n) is 2.73. The highest BCUT2D eigenvalue weighted by atomic mass is 35.5. The zero-order valence-corrected chi connectivity index (χ0v) is 17.2. The van der Waals surface area contributed by atoms with E-state index in [1.165, 1.54) is 18.9 Å². The van der Waals surface area contributed by atoms with Crippen LogP contribution in [0.1, 0.15) is 27.0 Å². The van der Waals surface area contributed by atoms with Crippen molar-refractivity contribution < 1.29 is 14.5 Å². The predicted octanol–water partition coefficient (Wildman–Crippen LogP) is 4.13. The topological polar surface area (TPSA) is 100 Å². The van der Waals surface area contributed by atoms with Gasteiger partial charge in [-0.15, -0.1) is 10.2 Å². The number of methoxy groups -OCH3 is 1. The number of thioether (sulfide) groups is 1. The molecule has 8 nitrogen and oxygen atoms in total. The minimum absolute atomic E-state index is 0.311. The molecule has 0 unspecified atom stereocenters. The van der Waals surface area contributed by atoms with E-state index in [9.17, 15) is 14.9 Å². The van der Waals surface area contributed by atoms with Gasteiger partial charge < -0.3 is 4.74 Å². The molecule has 0 N–H and O–H groups in total. The van der Waals surface area contributed by atoms with E-state index >= 15 is 0 Å². The molecule has 0 fully saturated rings. The molecule has 0 amide bonds. The number of rotatable bonds is 7. The number of benzene rings is 2. The number of hydrogen-bond donors (Lipinski definition) is 0. The SMILES string of the molecule is COC(=O)c1ccc([C@@H](C[N+](=O)[O-])Sc2nnc(C)n2-c2ccc(Cl)cc2)cc1. The lowest BCUT2D eigenvalue weighted by Crippen LogP contribution is -2.11. The Bertz CT molecular complexity index is 1020. The summed E-state index contributed by atoms with van der Waals surface area (Å²) in [5.74, 6) is 0.184. The minimum Gasteiger partial charge on any atom is -0.465 e. The molecule has 1 atom stereocenters. The number of nitrogens with zero attached hydrogens (tertiary/aromatic N) is 4. The van der Waals surface area contributed by atoms with Crippen molar-refractivity contribution in [2.24, 2.45) is 0 Å². The Hall–Kier alpha value is -2.91. The van der Waals surface area contributed by atoms with Gasteiger partial charge in [0.25, 0.3) is 0 Å². The number of hydrogen-bond acceptors (Lipinski definition) is 7. The number of carbonyl (C=O) groups excluding carboxylic acids is 1. The number of halogens is 1. The van der Waals surface area contributed by atoms with Gasteiger partial charge in [-0.05, 0) is 48.9 Å². The smallest absolute Gasteiger partial charge is 0.337 e. The molecule has 0 aliphatic heterocycles. The van der Waals surface area contributed by atoms with Crippen molar-refractivity contribution in [2.45, 2.75) is 17.3 Å². The molecule has 0 radical (unpaired) electrons. The lowest BCUT2D eigenvalue weighted by molar-refractivity contribution is -0.479. The number of carbonyl (C=O) groups is 1. The van der Waals surface area contributed by atoms with Crippen molar-refractivity contribution in [2.75, 3.05) is 13.7 Å². The Balaban J connectivity index is 1.93. The van der Waals surface area contributed by atoms with Crippen LogP contribution in [0.2, 0.25) is 5.02 Å². The molecular weight excluding hydrogens is 416 g/mol. The molecule has 1 aromatic heterocycles. The standard InChI is InChI=1S/C19H17ClN4O4S/c1-12-21-22-19(24(12)16-9-7-15(20)8-10-16)29-17(11-23(26)27)13-3-5-14(6-4-13)18(25)28-2/h3-10,17H,11H2,1-2H3/t17-/m1/s1. The first-order valence-electron chi connectivity index (χ1n) is 8.53. The van der Waals surface area contributed by atoms with E-state index in [-0.39, 0.29) is 11.5 Å². The summed E-state index contributed by atoms with van der Waals surface area (Å²) in [6.45, 7) is 1.49. The summed E-state index contributed by atoms with van der Waals surface area (Å²) in [6.07, 6.45) is 0. The molecule has 0 aliphatic rings. The second-order valence-corrected chi connectivity index (χ2v) is 7.68. The van der Waals surface area contributed by atoms with Gasteiger partial charge in [-0.3, -0.25) is 14.7 Å². The molecule has 3 aromatic rings. The molecule has 0 saturated carbocycles. The van der Waals surface area contributed by atoms with E-state index in [1.54, 1.807) is 43.3 Å². The van der Waals surface area contributed by atoms with Crippen molar-refractivity contribution in [1.82, 2.24) is 14.8 Å². The van der Waals surface area contributed by atoms with E-state index in [0.717, 1.165) is 5.69 Å². The van der Waals surface area contributed by atoms with Gasteiger partial charge in [0.1, 0.15) is 11.1 Å². The first-order valence-corrected chi connectivity index (χ1v) is 9.79. The zero-order valence-electron chi connectivity index (χ0n) is 15.6. The van der Waals surface area contributed by atoms with Crippen LogP contribution in [-0.2, 0) is 4.74 Å². The van der Waals surface area contributed by atoms with Gasteiger partial charge in [0.15, 0.2) is 5.16 Å². The Morgan fingerprint density at radius 2 is 1.86 bits per heavy atom. The van der Waals surface area contributed by atoms with E-state index in [4.69, 9.17) is 11.6 Å². The normalized spacial score (nSPS) is 11.8. The van der Waals surface area contributed by atoms with Crippen molar-refractivity contribution in [3.05, 3.63) is 80.6 Å². The highest BCUT2D eigenvalue weighted by Crippen LogP contribution is 2.36. The Morgan fingerprint density at radius 3 is 2.45 bits per heavy atom. The number of esters is 1. The van der Waals surface area contributed by atoms with Gasteiger partial charge in [0.05, 0.1) is 12.7 Å². The Morgan fingerprint density at radius 1 is 1.21 bits per heavy atom. The highest BCUT2D eigenvalue weighted by molar-refractivity contribution is 7.99. The first-order chi connectivity index (χ1) is 13.9. The van der Waals surface area contributed by atoms with E-state index in [2.05, 4.69) is 14.9 Å². The maximum atomic E-state index is 11.6. The van der Waals surface area contributed by atoms with Crippen molar-refractivity contribution in [3.8, 4) is 5.69 Å². The molecule has 3 rings (SSSR count). The molecule has 0 aliphatic carbocycles. The number of ether oxygens (including phenoxy) is 1. The first kappa shape index (κ1) is 20.8. The molecule has 10 heteroatoms. The number of aromatic nitrogens is 3. The van der Waals surface area contributed by atoms with Gasteiger partial charge >= 0.3 is 5.97 Å². The third kappa shape index (κ3) is 4.93. The lowest BCUT2D eigenvalue weighted by Gasteiger charge is -2.14.